The van der Waals surface area contributed by atoms with Gasteiger partial charge in [-0.1, -0.05) is 25.1 Å². The molecule has 0 heterocycles. The van der Waals surface area contributed by atoms with Crippen molar-refractivity contribution in [1.29, 1.82) is 0 Å². The monoisotopic (exact) mass is 233 g/mol. The van der Waals surface area contributed by atoms with E-state index in [1.807, 2.05) is 13.0 Å². The van der Waals surface area contributed by atoms with Crippen molar-refractivity contribution in [2.24, 2.45) is 5.73 Å². The first-order valence-electron chi connectivity index (χ1n) is 6.21. The van der Waals surface area contributed by atoms with Crippen LogP contribution in [-0.4, -0.2) is 12.5 Å². The Kier molecular flexibility index (Phi) is 3.79. The summed E-state index contributed by atoms with van der Waals surface area (Å²) in [6.07, 6.45) is 3.63. The number of hydrogen-bond donors (Lipinski definition) is 1. The molecular formula is C14H19NO2. The summed E-state index contributed by atoms with van der Waals surface area (Å²) in [5.41, 5.74) is 9.79. The number of fused-ring (bicyclic) bond motifs is 1. The first-order chi connectivity index (χ1) is 8.26. The smallest absolute Gasteiger partial charge is 0.293 e. The fraction of sp³-hybridized carbons (Fsp3) is 0.500. The number of carbonyl (C=O) groups is 1. The number of ether oxygens (including phenoxy) is 1. The van der Waals surface area contributed by atoms with Crippen LogP contribution < -0.4 is 5.73 Å². The molecule has 1 aromatic rings. The van der Waals surface area contributed by atoms with Crippen molar-refractivity contribution >= 4 is 6.47 Å². The lowest BCUT2D eigenvalue weighted by molar-refractivity contribution is -0.134. The van der Waals surface area contributed by atoms with E-state index < -0.39 is 0 Å². The quantitative estimate of drug-likeness (QED) is 0.810. The van der Waals surface area contributed by atoms with Gasteiger partial charge in [0.25, 0.3) is 6.47 Å². The molecular weight excluding hydrogens is 214 g/mol. The second-order valence-corrected chi connectivity index (χ2v) is 4.62. The van der Waals surface area contributed by atoms with Crippen LogP contribution >= 0.6 is 0 Å². The van der Waals surface area contributed by atoms with Crippen molar-refractivity contribution in [2.75, 3.05) is 0 Å². The molecule has 0 aromatic heterocycles. The molecule has 0 saturated heterocycles. The summed E-state index contributed by atoms with van der Waals surface area (Å²) in [5.74, 6) is 0. The molecule has 3 nitrogen and oxygen atoms in total. The summed E-state index contributed by atoms with van der Waals surface area (Å²) < 4.78 is 5.16. The fourth-order valence-corrected chi connectivity index (χ4v) is 2.62. The van der Waals surface area contributed by atoms with E-state index in [0.717, 1.165) is 31.2 Å². The normalized spacial score (nSPS) is 20.5. The molecule has 2 N–H and O–H groups in total. The summed E-state index contributed by atoms with van der Waals surface area (Å²) in [4.78, 5) is 10.5. The highest BCUT2D eigenvalue weighted by Crippen LogP contribution is 2.30. The van der Waals surface area contributed by atoms with Crippen LogP contribution in [-0.2, 0) is 22.4 Å². The third kappa shape index (κ3) is 2.50. The molecule has 17 heavy (non-hydrogen) atoms. The SMILES string of the molecule is CCC(OC=O)c1cccc2c1CCC(N)C2. The molecule has 0 spiro atoms. The molecule has 3 heteroatoms. The zero-order valence-corrected chi connectivity index (χ0v) is 10.2. The van der Waals surface area contributed by atoms with Gasteiger partial charge in [0.15, 0.2) is 0 Å². The highest BCUT2D eigenvalue weighted by atomic mass is 16.5. The number of benzene rings is 1. The Hall–Kier alpha value is -1.35. The van der Waals surface area contributed by atoms with E-state index in [1.54, 1.807) is 0 Å². The van der Waals surface area contributed by atoms with Gasteiger partial charge < -0.3 is 10.5 Å². The van der Waals surface area contributed by atoms with E-state index in [2.05, 4.69) is 12.1 Å². The molecule has 0 fully saturated rings. The molecule has 0 aliphatic heterocycles. The molecule has 2 atom stereocenters. The molecule has 2 rings (SSSR count). The molecule has 1 aliphatic rings. The number of hydrogen-bond acceptors (Lipinski definition) is 3. The van der Waals surface area contributed by atoms with Crippen LogP contribution in [0.2, 0.25) is 0 Å². The molecule has 92 valence electrons. The Bertz CT molecular complexity index is 403. The summed E-state index contributed by atoms with van der Waals surface area (Å²) in [6.45, 7) is 2.57. The Morgan fingerprint density at radius 1 is 1.59 bits per heavy atom. The minimum atomic E-state index is -0.114. The zero-order chi connectivity index (χ0) is 12.3. The number of carbonyl (C=O) groups excluding carboxylic acids is 1. The summed E-state index contributed by atoms with van der Waals surface area (Å²) in [5, 5.41) is 0. The van der Waals surface area contributed by atoms with Crippen LogP contribution in [0.4, 0.5) is 0 Å². The average molecular weight is 233 g/mol. The Balaban J connectivity index is 2.34. The lowest BCUT2D eigenvalue weighted by Gasteiger charge is -2.26. The van der Waals surface area contributed by atoms with Gasteiger partial charge in [0.2, 0.25) is 0 Å². The van der Waals surface area contributed by atoms with Crippen molar-refractivity contribution in [1.82, 2.24) is 0 Å². The first kappa shape index (κ1) is 12.1. The number of rotatable bonds is 4. The standard InChI is InChI=1S/C14H19NO2/c1-2-14(17-9-16)13-5-3-4-10-8-11(15)6-7-12(10)13/h3-5,9,11,14H,2,6-8,15H2,1H3. The summed E-state index contributed by atoms with van der Waals surface area (Å²) in [7, 11) is 0. The summed E-state index contributed by atoms with van der Waals surface area (Å²) in [6, 6.07) is 6.49. The minimum absolute atomic E-state index is 0.114. The highest BCUT2D eigenvalue weighted by molar-refractivity contribution is 5.43. The van der Waals surface area contributed by atoms with E-state index in [1.165, 1.54) is 11.1 Å². The van der Waals surface area contributed by atoms with E-state index >= 15 is 0 Å². The van der Waals surface area contributed by atoms with Crippen LogP contribution in [0, 0.1) is 0 Å². The molecule has 0 saturated carbocycles. The van der Waals surface area contributed by atoms with E-state index in [-0.39, 0.29) is 12.1 Å². The van der Waals surface area contributed by atoms with Gasteiger partial charge in [-0.3, -0.25) is 4.79 Å². The van der Waals surface area contributed by atoms with E-state index in [4.69, 9.17) is 10.5 Å². The largest absolute Gasteiger partial charge is 0.460 e. The molecule has 1 aliphatic carbocycles. The molecule has 0 bridgehead atoms. The predicted molar refractivity (Wildman–Crippen MR) is 66.6 cm³/mol. The minimum Gasteiger partial charge on any atom is -0.460 e. The van der Waals surface area contributed by atoms with Crippen molar-refractivity contribution < 1.29 is 9.53 Å². The van der Waals surface area contributed by atoms with Gasteiger partial charge in [-0.15, -0.1) is 0 Å². The zero-order valence-electron chi connectivity index (χ0n) is 10.2. The second-order valence-electron chi connectivity index (χ2n) is 4.62. The predicted octanol–water partition coefficient (Wildman–Crippen LogP) is 2.13. The van der Waals surface area contributed by atoms with Crippen molar-refractivity contribution in [2.45, 2.75) is 44.8 Å². The molecule has 2 unspecified atom stereocenters. The molecule has 0 amide bonds. The summed E-state index contributed by atoms with van der Waals surface area (Å²) >= 11 is 0. The van der Waals surface area contributed by atoms with Crippen LogP contribution in [0.5, 0.6) is 0 Å². The number of nitrogens with two attached hydrogens (primary N) is 1. The fourth-order valence-electron chi connectivity index (χ4n) is 2.62. The first-order valence-corrected chi connectivity index (χ1v) is 6.21. The lowest BCUT2D eigenvalue weighted by Crippen LogP contribution is -2.28. The second kappa shape index (κ2) is 5.32. The van der Waals surface area contributed by atoms with Gasteiger partial charge in [-0.25, -0.2) is 0 Å². The maximum absolute atomic E-state index is 10.5. The van der Waals surface area contributed by atoms with Crippen molar-refractivity contribution in [3.63, 3.8) is 0 Å². The highest BCUT2D eigenvalue weighted by Gasteiger charge is 2.21. The van der Waals surface area contributed by atoms with E-state index in [0.29, 0.717) is 6.47 Å². The lowest BCUT2D eigenvalue weighted by atomic mass is 9.84. The van der Waals surface area contributed by atoms with Gasteiger partial charge in [-0.05, 0) is 42.4 Å². The Labute approximate surface area is 102 Å². The van der Waals surface area contributed by atoms with Crippen LogP contribution in [0.15, 0.2) is 18.2 Å². The van der Waals surface area contributed by atoms with Crippen LogP contribution in [0.25, 0.3) is 0 Å². The van der Waals surface area contributed by atoms with Crippen molar-refractivity contribution in [3.8, 4) is 0 Å². The maximum Gasteiger partial charge on any atom is 0.293 e. The molecule has 0 radical (unpaired) electrons. The van der Waals surface area contributed by atoms with Crippen LogP contribution in [0.1, 0.15) is 42.6 Å². The van der Waals surface area contributed by atoms with Gasteiger partial charge in [0.1, 0.15) is 6.10 Å². The third-order valence-electron chi connectivity index (χ3n) is 3.49. The van der Waals surface area contributed by atoms with Crippen LogP contribution in [0.3, 0.4) is 0 Å². The topological polar surface area (TPSA) is 52.3 Å². The maximum atomic E-state index is 10.5. The van der Waals surface area contributed by atoms with Gasteiger partial charge >= 0.3 is 0 Å². The van der Waals surface area contributed by atoms with Crippen molar-refractivity contribution in [3.05, 3.63) is 34.9 Å². The average Bonchev–Trinajstić information content (AvgIpc) is 2.35. The van der Waals surface area contributed by atoms with Gasteiger partial charge in [0, 0.05) is 6.04 Å². The Morgan fingerprint density at radius 2 is 2.41 bits per heavy atom. The van der Waals surface area contributed by atoms with Gasteiger partial charge in [0.05, 0.1) is 0 Å². The van der Waals surface area contributed by atoms with Gasteiger partial charge in [-0.2, -0.15) is 0 Å². The Morgan fingerprint density at radius 3 is 3.12 bits per heavy atom. The van der Waals surface area contributed by atoms with E-state index in [9.17, 15) is 4.79 Å². The molecule has 1 aromatic carbocycles. The third-order valence-corrected chi connectivity index (χ3v) is 3.49.